The first-order chi connectivity index (χ1) is 13.7. The minimum absolute atomic E-state index is 0.118. The van der Waals surface area contributed by atoms with Crippen LogP contribution in [0.3, 0.4) is 0 Å². The summed E-state index contributed by atoms with van der Waals surface area (Å²) in [4.78, 5) is 15.3. The van der Waals surface area contributed by atoms with E-state index in [1.54, 1.807) is 38.2 Å². The third kappa shape index (κ3) is 4.28. The van der Waals surface area contributed by atoms with E-state index in [0.29, 0.717) is 11.1 Å². The summed E-state index contributed by atoms with van der Waals surface area (Å²) < 4.78 is 19.7. The molecule has 1 atom stereocenters. The number of aryl methyl sites for hydroxylation is 1. The lowest BCUT2D eigenvalue weighted by Gasteiger charge is -2.19. The fraction of sp³-hybridized carbons (Fsp3) is 0.143. The predicted molar refractivity (Wildman–Crippen MR) is 111 cm³/mol. The Hall–Kier alpha value is -2.83. The highest BCUT2D eigenvalue weighted by Gasteiger charge is 2.20. The Morgan fingerprint density at radius 2 is 1.97 bits per heavy atom. The SMILES string of the molecule is Cc1cc(C(=O)O)ccc1-c1cnc(N)c(OC(C)c2c(Cl)ccc(F)c2Cl)c1. The van der Waals surface area contributed by atoms with Crippen LogP contribution >= 0.6 is 23.2 Å². The van der Waals surface area contributed by atoms with E-state index in [1.807, 2.05) is 0 Å². The van der Waals surface area contributed by atoms with Gasteiger partial charge in [0.25, 0.3) is 0 Å². The first kappa shape index (κ1) is 20.9. The highest BCUT2D eigenvalue weighted by Crippen LogP contribution is 2.37. The number of aromatic carboxylic acids is 1. The number of benzene rings is 2. The molecule has 5 nitrogen and oxygen atoms in total. The van der Waals surface area contributed by atoms with Crippen molar-refractivity contribution >= 4 is 35.0 Å². The average molecular weight is 435 g/mol. The summed E-state index contributed by atoms with van der Waals surface area (Å²) in [5, 5.41) is 9.28. The molecule has 0 fully saturated rings. The quantitative estimate of drug-likeness (QED) is 0.486. The predicted octanol–water partition coefficient (Wildman–Crippen LogP) is 5.92. The second-order valence-electron chi connectivity index (χ2n) is 6.46. The number of carboxylic acid groups (broad SMARTS) is 1. The van der Waals surface area contributed by atoms with Crippen LogP contribution in [0.1, 0.15) is 34.5 Å². The largest absolute Gasteiger partial charge is 0.482 e. The van der Waals surface area contributed by atoms with E-state index in [-0.39, 0.29) is 27.2 Å². The van der Waals surface area contributed by atoms with Crippen molar-refractivity contribution in [1.82, 2.24) is 4.98 Å². The van der Waals surface area contributed by atoms with Gasteiger partial charge in [0.1, 0.15) is 11.9 Å². The van der Waals surface area contributed by atoms with E-state index >= 15 is 0 Å². The zero-order valence-corrected chi connectivity index (χ0v) is 17.1. The molecule has 0 saturated carbocycles. The molecule has 0 radical (unpaired) electrons. The monoisotopic (exact) mass is 434 g/mol. The van der Waals surface area contributed by atoms with Crippen LogP contribution < -0.4 is 10.5 Å². The van der Waals surface area contributed by atoms with E-state index < -0.39 is 17.9 Å². The van der Waals surface area contributed by atoms with E-state index in [0.717, 1.165) is 11.1 Å². The second kappa shape index (κ2) is 8.27. The number of nitrogens with zero attached hydrogens (tertiary/aromatic N) is 1. The number of rotatable bonds is 5. The number of aromatic nitrogens is 1. The van der Waals surface area contributed by atoms with Crippen molar-refractivity contribution in [2.24, 2.45) is 0 Å². The molecule has 0 aliphatic rings. The van der Waals surface area contributed by atoms with Crippen LogP contribution in [0.15, 0.2) is 42.6 Å². The van der Waals surface area contributed by atoms with Gasteiger partial charge in [-0.1, -0.05) is 29.3 Å². The van der Waals surface area contributed by atoms with E-state index in [9.17, 15) is 9.18 Å². The summed E-state index contributed by atoms with van der Waals surface area (Å²) in [6.07, 6.45) is 0.873. The zero-order chi connectivity index (χ0) is 21.3. The standard InChI is InChI=1S/C21H17Cl2FN2O3/c1-10-7-12(21(27)28)3-4-14(10)13-8-17(20(25)26-9-13)29-11(2)18-15(22)5-6-16(24)19(18)23/h3-9,11H,1-2H3,(H2,25,26)(H,27,28). The van der Waals surface area contributed by atoms with Gasteiger partial charge < -0.3 is 15.6 Å². The summed E-state index contributed by atoms with van der Waals surface area (Å²) in [7, 11) is 0. The summed E-state index contributed by atoms with van der Waals surface area (Å²) in [6, 6.07) is 9.05. The van der Waals surface area contributed by atoms with Gasteiger partial charge >= 0.3 is 5.97 Å². The highest BCUT2D eigenvalue weighted by atomic mass is 35.5. The van der Waals surface area contributed by atoms with Gasteiger partial charge in [-0.2, -0.15) is 0 Å². The van der Waals surface area contributed by atoms with E-state index in [1.165, 1.54) is 18.2 Å². The van der Waals surface area contributed by atoms with Crippen LogP contribution in [0.5, 0.6) is 5.75 Å². The molecule has 1 heterocycles. The topological polar surface area (TPSA) is 85.4 Å². The van der Waals surface area contributed by atoms with Crippen molar-refractivity contribution in [1.29, 1.82) is 0 Å². The van der Waals surface area contributed by atoms with Gasteiger partial charge in [0, 0.05) is 22.3 Å². The molecule has 29 heavy (non-hydrogen) atoms. The van der Waals surface area contributed by atoms with Crippen molar-refractivity contribution in [3.8, 4) is 16.9 Å². The lowest BCUT2D eigenvalue weighted by molar-refractivity contribution is 0.0697. The zero-order valence-electron chi connectivity index (χ0n) is 15.5. The lowest BCUT2D eigenvalue weighted by Crippen LogP contribution is -2.08. The Balaban J connectivity index is 1.97. The number of hydrogen-bond acceptors (Lipinski definition) is 4. The van der Waals surface area contributed by atoms with Gasteiger partial charge in [0.2, 0.25) is 0 Å². The number of carboxylic acids is 1. The smallest absolute Gasteiger partial charge is 0.335 e. The number of hydrogen-bond donors (Lipinski definition) is 2. The third-order valence-corrected chi connectivity index (χ3v) is 5.17. The van der Waals surface area contributed by atoms with Crippen LogP contribution in [0.4, 0.5) is 10.2 Å². The molecule has 3 aromatic rings. The number of ether oxygens (including phenoxy) is 1. The van der Waals surface area contributed by atoms with Crippen molar-refractivity contribution in [3.05, 3.63) is 75.1 Å². The molecule has 1 aromatic heterocycles. The highest BCUT2D eigenvalue weighted by molar-refractivity contribution is 6.36. The summed E-state index contributed by atoms with van der Waals surface area (Å²) in [5.74, 6) is -1.19. The van der Waals surface area contributed by atoms with Gasteiger partial charge in [-0.25, -0.2) is 14.2 Å². The number of anilines is 1. The number of pyridine rings is 1. The minimum Gasteiger partial charge on any atom is -0.482 e. The molecular weight excluding hydrogens is 418 g/mol. The summed E-state index contributed by atoms with van der Waals surface area (Å²) >= 11 is 12.2. The normalized spacial score (nSPS) is 11.9. The van der Waals surface area contributed by atoms with Crippen LogP contribution in [0, 0.1) is 12.7 Å². The molecule has 3 N–H and O–H groups in total. The lowest BCUT2D eigenvalue weighted by atomic mass is 9.99. The van der Waals surface area contributed by atoms with Crippen molar-refractivity contribution in [3.63, 3.8) is 0 Å². The van der Waals surface area contributed by atoms with Crippen LogP contribution in [-0.4, -0.2) is 16.1 Å². The van der Waals surface area contributed by atoms with Crippen molar-refractivity contribution in [2.45, 2.75) is 20.0 Å². The molecule has 0 amide bonds. The summed E-state index contributed by atoms with van der Waals surface area (Å²) in [5.41, 5.74) is 8.67. The van der Waals surface area contributed by atoms with Gasteiger partial charge in [-0.15, -0.1) is 0 Å². The number of carbonyl (C=O) groups is 1. The Morgan fingerprint density at radius 1 is 1.24 bits per heavy atom. The molecule has 0 saturated heterocycles. The van der Waals surface area contributed by atoms with Gasteiger partial charge in [0.05, 0.1) is 10.6 Å². The molecule has 150 valence electrons. The number of nitrogens with two attached hydrogens (primary N) is 1. The fourth-order valence-electron chi connectivity index (χ4n) is 2.98. The molecule has 8 heteroatoms. The number of nitrogen functional groups attached to an aromatic ring is 1. The van der Waals surface area contributed by atoms with E-state index in [4.69, 9.17) is 38.8 Å². The average Bonchev–Trinajstić information content (AvgIpc) is 2.67. The van der Waals surface area contributed by atoms with Gasteiger partial charge in [-0.05, 0) is 55.3 Å². The van der Waals surface area contributed by atoms with Gasteiger partial charge in [0.15, 0.2) is 11.6 Å². The van der Waals surface area contributed by atoms with Crippen molar-refractivity contribution in [2.75, 3.05) is 5.73 Å². The Kier molecular flexibility index (Phi) is 5.96. The fourth-order valence-corrected chi connectivity index (χ4v) is 3.66. The molecule has 0 aliphatic carbocycles. The molecule has 2 aromatic carbocycles. The van der Waals surface area contributed by atoms with Crippen LogP contribution in [-0.2, 0) is 0 Å². The van der Waals surface area contributed by atoms with Gasteiger partial charge in [-0.3, -0.25) is 0 Å². The Bertz CT molecular complexity index is 1110. The van der Waals surface area contributed by atoms with Crippen molar-refractivity contribution < 1.29 is 19.0 Å². The Morgan fingerprint density at radius 3 is 2.62 bits per heavy atom. The molecular formula is C21H17Cl2FN2O3. The van der Waals surface area contributed by atoms with Crippen LogP contribution in [0.25, 0.3) is 11.1 Å². The minimum atomic E-state index is -1.00. The molecule has 3 rings (SSSR count). The molecule has 0 spiro atoms. The van der Waals surface area contributed by atoms with Crippen LogP contribution in [0.2, 0.25) is 10.0 Å². The maximum atomic E-state index is 13.8. The van der Waals surface area contributed by atoms with E-state index in [2.05, 4.69) is 4.98 Å². The molecule has 0 aliphatic heterocycles. The summed E-state index contributed by atoms with van der Waals surface area (Å²) in [6.45, 7) is 3.47. The number of halogens is 3. The Labute approximate surface area is 176 Å². The first-order valence-corrected chi connectivity index (χ1v) is 9.34. The third-order valence-electron chi connectivity index (χ3n) is 4.46. The molecule has 0 bridgehead atoms. The molecule has 1 unspecified atom stereocenters. The second-order valence-corrected chi connectivity index (χ2v) is 7.24. The maximum absolute atomic E-state index is 13.8. The first-order valence-electron chi connectivity index (χ1n) is 8.59. The maximum Gasteiger partial charge on any atom is 0.335 e.